The molecule has 0 aromatic heterocycles. The number of aliphatic hydroxyl groups excluding tert-OH is 1. The second-order valence-electron chi connectivity index (χ2n) is 4.50. The average molecular weight is 282 g/mol. The molecule has 0 saturated heterocycles. The number of hydrogen-bond acceptors (Lipinski definition) is 5. The van der Waals surface area contributed by atoms with Crippen molar-refractivity contribution < 1.29 is 19.7 Å². The summed E-state index contributed by atoms with van der Waals surface area (Å²) in [6, 6.07) is 7.21. The molecule has 0 spiro atoms. The number of rotatable bonds is 10. The van der Waals surface area contributed by atoms with Crippen molar-refractivity contribution in [1.82, 2.24) is 5.32 Å². The van der Waals surface area contributed by atoms with Gasteiger partial charge in [-0.25, -0.2) is 0 Å². The van der Waals surface area contributed by atoms with Crippen LogP contribution >= 0.6 is 0 Å². The molecule has 6 nitrogen and oxygen atoms in total. The van der Waals surface area contributed by atoms with E-state index in [2.05, 4.69) is 5.32 Å². The van der Waals surface area contributed by atoms with Gasteiger partial charge < -0.3 is 26.0 Å². The molecule has 20 heavy (non-hydrogen) atoms. The molecule has 1 aromatic rings. The van der Waals surface area contributed by atoms with Crippen molar-refractivity contribution in [2.24, 2.45) is 5.73 Å². The van der Waals surface area contributed by atoms with Crippen molar-refractivity contribution >= 4 is 5.97 Å². The van der Waals surface area contributed by atoms with E-state index in [9.17, 15) is 9.90 Å². The fourth-order valence-electron chi connectivity index (χ4n) is 1.63. The summed E-state index contributed by atoms with van der Waals surface area (Å²) in [7, 11) is 0. The molecule has 0 bridgehead atoms. The Balaban J connectivity index is 2.28. The third-order valence-electron chi connectivity index (χ3n) is 2.69. The Hall–Kier alpha value is -1.63. The number of aryl methyl sites for hydroxylation is 1. The molecule has 0 saturated carbocycles. The zero-order valence-electron chi connectivity index (χ0n) is 11.4. The fourth-order valence-corrected chi connectivity index (χ4v) is 1.63. The van der Waals surface area contributed by atoms with Crippen molar-refractivity contribution in [2.75, 3.05) is 26.2 Å². The first-order chi connectivity index (χ1) is 9.61. The van der Waals surface area contributed by atoms with E-state index in [0.717, 1.165) is 5.56 Å². The zero-order valence-corrected chi connectivity index (χ0v) is 11.4. The summed E-state index contributed by atoms with van der Waals surface area (Å²) in [5, 5.41) is 21.2. The van der Waals surface area contributed by atoms with E-state index in [-0.39, 0.29) is 13.0 Å². The first kappa shape index (κ1) is 16.4. The Labute approximate surface area is 118 Å². The van der Waals surface area contributed by atoms with Crippen molar-refractivity contribution in [2.45, 2.75) is 18.9 Å². The molecule has 0 amide bonds. The minimum atomic E-state index is -0.807. The van der Waals surface area contributed by atoms with Crippen molar-refractivity contribution in [3.8, 4) is 5.75 Å². The van der Waals surface area contributed by atoms with Crippen LogP contribution in [0.25, 0.3) is 0 Å². The van der Waals surface area contributed by atoms with Gasteiger partial charge in [0.1, 0.15) is 18.5 Å². The summed E-state index contributed by atoms with van der Waals surface area (Å²) in [6.45, 7) is 1.83. The van der Waals surface area contributed by atoms with Crippen LogP contribution in [0, 0.1) is 0 Å². The Morgan fingerprint density at radius 2 is 2.05 bits per heavy atom. The van der Waals surface area contributed by atoms with E-state index in [4.69, 9.17) is 15.6 Å². The number of nitrogens with two attached hydrogens (primary N) is 1. The van der Waals surface area contributed by atoms with Crippen LogP contribution in [0.15, 0.2) is 24.3 Å². The molecule has 0 aliphatic rings. The lowest BCUT2D eigenvalue weighted by molar-refractivity contribution is -0.136. The topological polar surface area (TPSA) is 105 Å². The number of benzene rings is 1. The Bertz CT molecular complexity index is 395. The lowest BCUT2D eigenvalue weighted by atomic mass is 10.1. The Morgan fingerprint density at radius 3 is 2.65 bits per heavy atom. The largest absolute Gasteiger partial charge is 0.491 e. The molecule has 1 rings (SSSR count). The van der Waals surface area contributed by atoms with Gasteiger partial charge in [-0.05, 0) is 24.1 Å². The molecule has 0 heterocycles. The highest BCUT2D eigenvalue weighted by atomic mass is 16.5. The lowest BCUT2D eigenvalue weighted by Crippen LogP contribution is -2.34. The molecule has 0 radical (unpaired) electrons. The van der Waals surface area contributed by atoms with Crippen LogP contribution in [-0.4, -0.2) is 48.5 Å². The van der Waals surface area contributed by atoms with E-state index in [1.807, 2.05) is 12.1 Å². The normalized spacial score (nSPS) is 12.1. The number of hydrogen-bond donors (Lipinski definition) is 4. The molecule has 5 N–H and O–H groups in total. The average Bonchev–Trinajstić information content (AvgIpc) is 2.44. The summed E-state index contributed by atoms with van der Waals surface area (Å²) in [5.74, 6) is -0.152. The van der Waals surface area contributed by atoms with Gasteiger partial charge in [-0.2, -0.15) is 0 Å². The maximum absolute atomic E-state index is 10.5. The van der Waals surface area contributed by atoms with Gasteiger partial charge in [0.2, 0.25) is 0 Å². The van der Waals surface area contributed by atoms with Gasteiger partial charge in [0.25, 0.3) is 0 Å². The molecule has 6 heteroatoms. The van der Waals surface area contributed by atoms with E-state index >= 15 is 0 Å². The maximum atomic E-state index is 10.5. The van der Waals surface area contributed by atoms with E-state index in [0.29, 0.717) is 31.8 Å². The number of aliphatic carboxylic acids is 1. The van der Waals surface area contributed by atoms with Crippen LogP contribution in [0.4, 0.5) is 0 Å². The highest BCUT2D eigenvalue weighted by molar-refractivity contribution is 5.67. The molecule has 0 unspecified atom stereocenters. The van der Waals surface area contributed by atoms with Gasteiger partial charge in [-0.3, -0.25) is 4.79 Å². The lowest BCUT2D eigenvalue weighted by Gasteiger charge is -2.13. The van der Waals surface area contributed by atoms with Crippen LogP contribution in [0.2, 0.25) is 0 Å². The summed E-state index contributed by atoms with van der Waals surface area (Å²) >= 11 is 0. The Morgan fingerprint density at radius 1 is 1.35 bits per heavy atom. The van der Waals surface area contributed by atoms with E-state index in [1.54, 1.807) is 12.1 Å². The molecular formula is C14H22N2O4. The highest BCUT2D eigenvalue weighted by Gasteiger charge is 2.05. The number of carboxylic acid groups (broad SMARTS) is 1. The number of nitrogens with one attached hydrogen (secondary N) is 1. The molecule has 0 fully saturated rings. The van der Waals surface area contributed by atoms with Crippen LogP contribution in [-0.2, 0) is 11.2 Å². The van der Waals surface area contributed by atoms with Gasteiger partial charge in [-0.1, -0.05) is 12.1 Å². The van der Waals surface area contributed by atoms with Crippen LogP contribution in [0.1, 0.15) is 12.0 Å². The molecule has 1 atom stereocenters. The quantitative estimate of drug-likeness (QED) is 0.450. The Kier molecular flexibility index (Phi) is 7.64. The van der Waals surface area contributed by atoms with Crippen molar-refractivity contribution in [3.05, 3.63) is 29.8 Å². The smallest absolute Gasteiger partial charge is 0.303 e. The van der Waals surface area contributed by atoms with Gasteiger partial charge >= 0.3 is 5.97 Å². The molecule has 0 aliphatic carbocycles. The summed E-state index contributed by atoms with van der Waals surface area (Å²) < 4.78 is 5.44. The second-order valence-corrected chi connectivity index (χ2v) is 4.50. The molecule has 112 valence electrons. The molecule has 0 aliphatic heterocycles. The number of carbonyl (C=O) groups is 1. The van der Waals surface area contributed by atoms with Crippen LogP contribution < -0.4 is 15.8 Å². The monoisotopic (exact) mass is 282 g/mol. The first-order valence-electron chi connectivity index (χ1n) is 6.64. The number of carboxylic acids is 1. The molecular weight excluding hydrogens is 260 g/mol. The van der Waals surface area contributed by atoms with Crippen molar-refractivity contribution in [1.29, 1.82) is 0 Å². The summed E-state index contributed by atoms with van der Waals surface area (Å²) in [6.07, 6.45) is 0.0284. The van der Waals surface area contributed by atoms with Crippen molar-refractivity contribution in [3.63, 3.8) is 0 Å². The first-order valence-corrected chi connectivity index (χ1v) is 6.64. The predicted octanol–water partition coefficient (Wildman–Crippen LogP) is -0.00820. The number of ether oxygens (including phenoxy) is 1. The third-order valence-corrected chi connectivity index (χ3v) is 2.69. The van der Waals surface area contributed by atoms with E-state index < -0.39 is 12.1 Å². The van der Waals surface area contributed by atoms with Gasteiger partial charge in [0.05, 0.1) is 0 Å². The molecule has 1 aromatic carbocycles. The fraction of sp³-hybridized carbons (Fsp3) is 0.500. The maximum Gasteiger partial charge on any atom is 0.303 e. The summed E-state index contributed by atoms with van der Waals surface area (Å²) in [4.78, 5) is 10.5. The highest BCUT2D eigenvalue weighted by Crippen LogP contribution is 2.13. The van der Waals surface area contributed by atoms with E-state index in [1.165, 1.54) is 0 Å². The standard InChI is InChI=1S/C14H22N2O4/c15-7-8-16-9-12(17)10-20-13-4-1-11(2-5-13)3-6-14(18)19/h1-2,4-5,12,16-17H,3,6-10,15H2,(H,18,19)/t12-/m0/s1. The minimum absolute atomic E-state index is 0.117. The SMILES string of the molecule is NCCNC[C@H](O)COc1ccc(CCC(=O)O)cc1. The predicted molar refractivity (Wildman–Crippen MR) is 75.8 cm³/mol. The van der Waals surface area contributed by atoms with Gasteiger partial charge in [-0.15, -0.1) is 0 Å². The summed E-state index contributed by atoms with van der Waals surface area (Å²) in [5.41, 5.74) is 6.27. The number of aliphatic hydroxyl groups is 1. The minimum Gasteiger partial charge on any atom is -0.491 e. The zero-order chi connectivity index (χ0) is 14.8. The third kappa shape index (κ3) is 7.08. The second kappa shape index (κ2) is 9.30. The van der Waals surface area contributed by atoms with Crippen LogP contribution in [0.3, 0.4) is 0 Å². The van der Waals surface area contributed by atoms with Crippen LogP contribution in [0.5, 0.6) is 5.75 Å². The van der Waals surface area contributed by atoms with Gasteiger partial charge in [0.15, 0.2) is 0 Å². The van der Waals surface area contributed by atoms with Gasteiger partial charge in [0, 0.05) is 26.1 Å².